The summed E-state index contributed by atoms with van der Waals surface area (Å²) in [7, 11) is 0. The fraction of sp³-hybridized carbons (Fsp3) is 0.462. The van der Waals surface area contributed by atoms with Gasteiger partial charge in [0.25, 0.3) is 11.7 Å². The number of hydrogen-bond acceptors (Lipinski definition) is 5. The molecule has 0 fully saturated rings. The van der Waals surface area contributed by atoms with Crippen LogP contribution >= 0.6 is 0 Å². The van der Waals surface area contributed by atoms with Gasteiger partial charge in [-0.15, -0.1) is 5.10 Å². The minimum atomic E-state index is -0.943. The predicted molar refractivity (Wildman–Crippen MR) is 73.9 cm³/mol. The van der Waals surface area contributed by atoms with Crippen LogP contribution in [0.4, 0.5) is 0 Å². The number of amides is 1. The van der Waals surface area contributed by atoms with E-state index < -0.39 is 17.8 Å². The van der Waals surface area contributed by atoms with Gasteiger partial charge >= 0.3 is 5.97 Å². The van der Waals surface area contributed by atoms with Gasteiger partial charge in [0.05, 0.1) is 5.92 Å². The molecule has 0 bridgehead atoms. The number of aryl methyl sites for hydroxylation is 1. The van der Waals surface area contributed by atoms with E-state index in [0.29, 0.717) is 12.3 Å². The molecule has 1 atom stereocenters. The number of carboxylic acids is 1. The third-order valence-corrected chi connectivity index (χ3v) is 3.21. The molecule has 8 nitrogen and oxygen atoms in total. The molecule has 2 aromatic heterocycles. The number of aromatic nitrogens is 4. The topological polar surface area (TPSA) is 101 Å². The Balaban J connectivity index is 2.27. The average molecular weight is 291 g/mol. The second-order valence-corrected chi connectivity index (χ2v) is 4.82. The molecule has 0 saturated carbocycles. The second-order valence-electron chi connectivity index (χ2n) is 4.82. The summed E-state index contributed by atoms with van der Waals surface area (Å²) in [6, 6.07) is 1.76. The van der Waals surface area contributed by atoms with Crippen LogP contribution in [0.3, 0.4) is 0 Å². The van der Waals surface area contributed by atoms with E-state index in [1.54, 1.807) is 26.1 Å². The Bertz CT molecular complexity index is 681. The quantitative estimate of drug-likeness (QED) is 0.866. The van der Waals surface area contributed by atoms with Gasteiger partial charge in [-0.05, 0) is 19.9 Å². The standard InChI is InChI=1S/C13H17N5O3/c1-4-17(7-8(2)12(20)21)11(19)10-15-13-14-6-5-9(3)18(13)16-10/h5-6,8H,4,7H2,1-3H3,(H,20,21). The lowest BCUT2D eigenvalue weighted by Gasteiger charge is -2.21. The molecule has 1 amide bonds. The van der Waals surface area contributed by atoms with E-state index in [9.17, 15) is 9.59 Å². The van der Waals surface area contributed by atoms with E-state index in [0.717, 1.165) is 5.69 Å². The Hall–Kier alpha value is -2.51. The Morgan fingerprint density at radius 2 is 2.19 bits per heavy atom. The van der Waals surface area contributed by atoms with Crippen LogP contribution in [0, 0.1) is 12.8 Å². The summed E-state index contributed by atoms with van der Waals surface area (Å²) >= 11 is 0. The molecular formula is C13H17N5O3. The van der Waals surface area contributed by atoms with Gasteiger partial charge in [0.1, 0.15) is 0 Å². The highest BCUT2D eigenvalue weighted by Gasteiger charge is 2.23. The first-order valence-corrected chi connectivity index (χ1v) is 6.64. The zero-order chi connectivity index (χ0) is 15.6. The van der Waals surface area contributed by atoms with Gasteiger partial charge in [-0.25, -0.2) is 9.50 Å². The monoisotopic (exact) mass is 291 g/mol. The third-order valence-electron chi connectivity index (χ3n) is 3.21. The van der Waals surface area contributed by atoms with Crippen LogP contribution in [0.2, 0.25) is 0 Å². The first kappa shape index (κ1) is 14.9. The van der Waals surface area contributed by atoms with Crippen LogP contribution in [0.25, 0.3) is 5.78 Å². The minimum absolute atomic E-state index is 0.0243. The minimum Gasteiger partial charge on any atom is -0.481 e. The number of carboxylic acid groups (broad SMARTS) is 1. The van der Waals surface area contributed by atoms with Gasteiger partial charge in [-0.3, -0.25) is 9.59 Å². The van der Waals surface area contributed by atoms with Crippen molar-refractivity contribution in [3.8, 4) is 0 Å². The highest BCUT2D eigenvalue weighted by Crippen LogP contribution is 2.07. The Kier molecular flexibility index (Phi) is 4.15. The van der Waals surface area contributed by atoms with E-state index in [1.165, 1.54) is 9.42 Å². The number of fused-ring (bicyclic) bond motifs is 1. The van der Waals surface area contributed by atoms with E-state index in [1.807, 2.05) is 6.92 Å². The molecule has 112 valence electrons. The van der Waals surface area contributed by atoms with E-state index in [-0.39, 0.29) is 12.4 Å². The molecule has 2 heterocycles. The lowest BCUT2D eigenvalue weighted by molar-refractivity contribution is -0.141. The highest BCUT2D eigenvalue weighted by atomic mass is 16.4. The summed E-state index contributed by atoms with van der Waals surface area (Å²) in [5, 5.41) is 13.1. The van der Waals surface area contributed by atoms with Crippen molar-refractivity contribution in [1.82, 2.24) is 24.5 Å². The molecule has 1 unspecified atom stereocenters. The van der Waals surface area contributed by atoms with Crippen LogP contribution in [-0.2, 0) is 4.79 Å². The van der Waals surface area contributed by atoms with Crippen LogP contribution in [0.5, 0.6) is 0 Å². The summed E-state index contributed by atoms with van der Waals surface area (Å²) in [5.74, 6) is -1.61. The second kappa shape index (κ2) is 5.86. The zero-order valence-corrected chi connectivity index (χ0v) is 12.1. The number of carbonyl (C=O) groups is 2. The summed E-state index contributed by atoms with van der Waals surface area (Å²) < 4.78 is 1.49. The normalized spacial score (nSPS) is 12.3. The predicted octanol–water partition coefficient (Wildman–Crippen LogP) is 0.616. The van der Waals surface area contributed by atoms with Gasteiger partial charge < -0.3 is 10.0 Å². The fourth-order valence-corrected chi connectivity index (χ4v) is 1.90. The van der Waals surface area contributed by atoms with Crippen LogP contribution in [0.15, 0.2) is 12.3 Å². The zero-order valence-electron chi connectivity index (χ0n) is 12.1. The molecule has 0 saturated heterocycles. The van der Waals surface area contributed by atoms with Crippen molar-refractivity contribution in [1.29, 1.82) is 0 Å². The average Bonchev–Trinajstić information content (AvgIpc) is 2.89. The van der Waals surface area contributed by atoms with Gasteiger partial charge in [0.2, 0.25) is 5.82 Å². The van der Waals surface area contributed by atoms with Gasteiger partial charge in [0, 0.05) is 25.0 Å². The van der Waals surface area contributed by atoms with E-state index in [4.69, 9.17) is 5.11 Å². The maximum Gasteiger partial charge on any atom is 0.308 e. The molecule has 0 radical (unpaired) electrons. The fourth-order valence-electron chi connectivity index (χ4n) is 1.90. The SMILES string of the molecule is CCN(CC(C)C(=O)O)C(=O)c1nc2nccc(C)n2n1. The summed E-state index contributed by atoms with van der Waals surface area (Å²) in [5.41, 5.74) is 0.813. The molecule has 1 N–H and O–H groups in total. The maximum atomic E-state index is 12.4. The Labute approximate surface area is 121 Å². The number of nitrogens with zero attached hydrogens (tertiary/aromatic N) is 5. The van der Waals surface area contributed by atoms with Crippen molar-refractivity contribution in [3.05, 3.63) is 23.8 Å². The van der Waals surface area contributed by atoms with Crippen molar-refractivity contribution < 1.29 is 14.7 Å². The van der Waals surface area contributed by atoms with Crippen LogP contribution < -0.4 is 0 Å². The molecule has 0 aliphatic carbocycles. The van der Waals surface area contributed by atoms with Crippen LogP contribution in [-0.4, -0.2) is 54.6 Å². The lowest BCUT2D eigenvalue weighted by atomic mass is 10.1. The molecular weight excluding hydrogens is 274 g/mol. The summed E-state index contributed by atoms with van der Waals surface area (Å²) in [6.45, 7) is 5.68. The van der Waals surface area contributed by atoms with Crippen molar-refractivity contribution >= 4 is 17.7 Å². The highest BCUT2D eigenvalue weighted by molar-refractivity contribution is 5.91. The first-order valence-electron chi connectivity index (χ1n) is 6.64. The number of hydrogen-bond donors (Lipinski definition) is 1. The Morgan fingerprint density at radius 1 is 1.48 bits per heavy atom. The van der Waals surface area contributed by atoms with Gasteiger partial charge in [-0.1, -0.05) is 6.92 Å². The van der Waals surface area contributed by atoms with E-state index >= 15 is 0 Å². The summed E-state index contributed by atoms with van der Waals surface area (Å²) in [6.07, 6.45) is 1.59. The molecule has 21 heavy (non-hydrogen) atoms. The first-order chi connectivity index (χ1) is 9.93. The van der Waals surface area contributed by atoms with Crippen molar-refractivity contribution in [3.63, 3.8) is 0 Å². The largest absolute Gasteiger partial charge is 0.481 e. The third kappa shape index (κ3) is 2.99. The van der Waals surface area contributed by atoms with Crippen molar-refractivity contribution in [2.75, 3.05) is 13.1 Å². The van der Waals surface area contributed by atoms with Gasteiger partial charge in [0.15, 0.2) is 0 Å². The number of carbonyl (C=O) groups excluding carboxylic acids is 1. The van der Waals surface area contributed by atoms with E-state index in [2.05, 4.69) is 15.1 Å². The smallest absolute Gasteiger partial charge is 0.308 e. The maximum absolute atomic E-state index is 12.4. The molecule has 2 rings (SSSR count). The molecule has 0 aromatic carbocycles. The molecule has 8 heteroatoms. The number of aliphatic carboxylic acids is 1. The number of rotatable bonds is 5. The Morgan fingerprint density at radius 3 is 2.76 bits per heavy atom. The molecule has 0 spiro atoms. The van der Waals surface area contributed by atoms with Gasteiger partial charge in [-0.2, -0.15) is 4.98 Å². The molecule has 0 aliphatic heterocycles. The molecule has 2 aromatic rings. The molecule has 0 aliphatic rings. The summed E-state index contributed by atoms with van der Waals surface area (Å²) in [4.78, 5) is 32.9. The lowest BCUT2D eigenvalue weighted by Crippen LogP contribution is -2.37. The van der Waals surface area contributed by atoms with Crippen molar-refractivity contribution in [2.45, 2.75) is 20.8 Å². The van der Waals surface area contributed by atoms with Crippen molar-refractivity contribution in [2.24, 2.45) is 5.92 Å². The van der Waals surface area contributed by atoms with Crippen LogP contribution in [0.1, 0.15) is 30.2 Å².